The second kappa shape index (κ2) is 2.46. The molecule has 2 atom stereocenters. The Labute approximate surface area is 64.3 Å². The van der Waals surface area contributed by atoms with Crippen LogP contribution in [0, 0.1) is 0 Å². The quantitative estimate of drug-likeness (QED) is 0.505. The molecule has 0 unspecified atom stereocenters. The highest BCUT2D eigenvalue weighted by molar-refractivity contribution is 8.14. The fraction of sp³-hybridized carbons (Fsp3) is 0.857. The number of carbonyl (C=O) groups excluding carboxylic acids is 1. The average molecular weight is 158 g/mol. The Balaban J connectivity index is 2.04. The van der Waals surface area contributed by atoms with E-state index >= 15 is 0 Å². The van der Waals surface area contributed by atoms with Gasteiger partial charge in [-0.25, -0.2) is 4.79 Å². The average Bonchev–Trinajstić information content (AvgIpc) is 2.27. The van der Waals surface area contributed by atoms with E-state index in [1.54, 1.807) is 0 Å². The van der Waals surface area contributed by atoms with Crippen molar-refractivity contribution in [1.82, 2.24) is 0 Å². The standard InChI is InChI=1S/C7H10O2S/c8-7-9-5-3-1-2-4-6(5)10-7/h5-6H,1-4H2/t5-,6-/m1/s1. The zero-order valence-corrected chi connectivity index (χ0v) is 6.52. The van der Waals surface area contributed by atoms with Crippen LogP contribution in [0.2, 0.25) is 0 Å². The fourth-order valence-electron chi connectivity index (χ4n) is 1.61. The van der Waals surface area contributed by atoms with Crippen molar-refractivity contribution >= 4 is 17.1 Å². The first kappa shape index (κ1) is 6.53. The van der Waals surface area contributed by atoms with Crippen LogP contribution in [-0.2, 0) is 4.74 Å². The minimum absolute atomic E-state index is 0.0584. The molecule has 1 aliphatic heterocycles. The van der Waals surface area contributed by atoms with Gasteiger partial charge < -0.3 is 4.74 Å². The first-order chi connectivity index (χ1) is 4.86. The van der Waals surface area contributed by atoms with Gasteiger partial charge in [0.05, 0.1) is 5.25 Å². The van der Waals surface area contributed by atoms with E-state index in [0.717, 1.165) is 6.42 Å². The van der Waals surface area contributed by atoms with Crippen molar-refractivity contribution in [2.45, 2.75) is 37.0 Å². The third-order valence-corrected chi connectivity index (χ3v) is 3.27. The summed E-state index contributed by atoms with van der Waals surface area (Å²) in [4.78, 5) is 10.8. The van der Waals surface area contributed by atoms with E-state index in [0.29, 0.717) is 5.25 Å². The molecule has 0 aromatic rings. The van der Waals surface area contributed by atoms with Crippen molar-refractivity contribution in [3.05, 3.63) is 0 Å². The molecule has 0 N–H and O–H groups in total. The van der Waals surface area contributed by atoms with Gasteiger partial charge in [0.2, 0.25) is 0 Å². The zero-order valence-electron chi connectivity index (χ0n) is 5.71. The van der Waals surface area contributed by atoms with Gasteiger partial charge in [-0.3, -0.25) is 0 Å². The molecule has 1 saturated heterocycles. The number of rotatable bonds is 0. The fourth-order valence-corrected chi connectivity index (χ4v) is 2.66. The van der Waals surface area contributed by atoms with Crippen molar-refractivity contribution in [1.29, 1.82) is 0 Å². The number of hydrogen-bond acceptors (Lipinski definition) is 3. The van der Waals surface area contributed by atoms with Crippen molar-refractivity contribution < 1.29 is 9.53 Å². The largest absolute Gasteiger partial charge is 0.453 e. The summed E-state index contributed by atoms with van der Waals surface area (Å²) in [6.45, 7) is 0. The summed E-state index contributed by atoms with van der Waals surface area (Å²) < 4.78 is 5.09. The number of ether oxygens (including phenoxy) is 1. The van der Waals surface area contributed by atoms with Crippen LogP contribution in [0.25, 0.3) is 0 Å². The first-order valence-corrected chi connectivity index (χ1v) is 4.61. The van der Waals surface area contributed by atoms with Crippen LogP contribution in [0.5, 0.6) is 0 Å². The Bertz CT molecular complexity index is 142. The summed E-state index contributed by atoms with van der Waals surface area (Å²) in [7, 11) is 0. The number of thioether (sulfide) groups is 1. The van der Waals surface area contributed by atoms with E-state index in [9.17, 15) is 4.79 Å². The van der Waals surface area contributed by atoms with Crippen molar-refractivity contribution in [2.24, 2.45) is 0 Å². The molecule has 10 heavy (non-hydrogen) atoms. The Hall–Kier alpha value is -0.180. The predicted octanol–water partition coefficient (Wildman–Crippen LogP) is 2.18. The second-order valence-corrected chi connectivity index (χ2v) is 4.02. The minimum Gasteiger partial charge on any atom is -0.453 e. The second-order valence-electron chi connectivity index (χ2n) is 2.85. The molecule has 2 aliphatic rings. The van der Waals surface area contributed by atoms with Gasteiger partial charge in [0, 0.05) is 0 Å². The van der Waals surface area contributed by atoms with Crippen LogP contribution in [0.4, 0.5) is 4.79 Å². The molecule has 3 heteroatoms. The monoisotopic (exact) mass is 158 g/mol. The van der Waals surface area contributed by atoms with Crippen LogP contribution in [0.3, 0.4) is 0 Å². The molecule has 0 bridgehead atoms. The molecule has 2 rings (SSSR count). The molecule has 1 aliphatic carbocycles. The summed E-state index contributed by atoms with van der Waals surface area (Å²) in [5.41, 5.74) is 0. The molecule has 0 radical (unpaired) electrons. The van der Waals surface area contributed by atoms with E-state index in [1.165, 1.54) is 31.0 Å². The topological polar surface area (TPSA) is 26.3 Å². The Morgan fingerprint density at radius 2 is 2.20 bits per heavy atom. The van der Waals surface area contributed by atoms with Gasteiger partial charge in [-0.05, 0) is 31.0 Å². The highest BCUT2D eigenvalue weighted by Crippen LogP contribution is 2.37. The molecule has 0 amide bonds. The van der Waals surface area contributed by atoms with Gasteiger partial charge >= 0.3 is 5.30 Å². The third kappa shape index (κ3) is 1.03. The smallest absolute Gasteiger partial charge is 0.368 e. The molecular weight excluding hydrogens is 148 g/mol. The molecule has 0 aromatic carbocycles. The molecule has 2 nitrogen and oxygen atoms in total. The van der Waals surface area contributed by atoms with E-state index in [2.05, 4.69) is 0 Å². The van der Waals surface area contributed by atoms with Crippen LogP contribution >= 0.6 is 11.8 Å². The summed E-state index contributed by atoms with van der Waals surface area (Å²) in [5, 5.41) is 0.429. The molecule has 1 saturated carbocycles. The molecule has 1 heterocycles. The van der Waals surface area contributed by atoms with Gasteiger partial charge in [-0.2, -0.15) is 0 Å². The lowest BCUT2D eigenvalue weighted by atomic mass is 9.97. The first-order valence-electron chi connectivity index (χ1n) is 3.73. The van der Waals surface area contributed by atoms with E-state index < -0.39 is 0 Å². The normalized spacial score (nSPS) is 39.0. The Kier molecular flexibility index (Phi) is 1.60. The summed E-state index contributed by atoms with van der Waals surface area (Å²) in [6, 6.07) is 0. The van der Waals surface area contributed by atoms with Crippen LogP contribution in [0.15, 0.2) is 0 Å². The molecular formula is C7H10O2S. The molecule has 0 spiro atoms. The van der Waals surface area contributed by atoms with Gasteiger partial charge in [0.1, 0.15) is 6.10 Å². The van der Waals surface area contributed by atoms with Crippen LogP contribution in [-0.4, -0.2) is 16.7 Å². The maximum Gasteiger partial charge on any atom is 0.368 e. The van der Waals surface area contributed by atoms with E-state index in [-0.39, 0.29) is 11.4 Å². The SMILES string of the molecule is O=C1O[C@@H]2CCCC[C@H]2S1. The zero-order chi connectivity index (χ0) is 6.97. The highest BCUT2D eigenvalue weighted by Gasteiger charge is 2.36. The van der Waals surface area contributed by atoms with Crippen molar-refractivity contribution in [2.75, 3.05) is 0 Å². The molecule has 56 valence electrons. The lowest BCUT2D eigenvalue weighted by Crippen LogP contribution is -2.23. The Morgan fingerprint density at radius 3 is 3.00 bits per heavy atom. The number of fused-ring (bicyclic) bond motifs is 1. The number of hydrogen-bond donors (Lipinski definition) is 0. The van der Waals surface area contributed by atoms with Gasteiger partial charge in [0.15, 0.2) is 0 Å². The molecule has 0 aromatic heterocycles. The highest BCUT2D eigenvalue weighted by atomic mass is 32.2. The summed E-state index contributed by atoms with van der Waals surface area (Å²) in [6.07, 6.45) is 5.01. The van der Waals surface area contributed by atoms with Gasteiger partial charge in [0.25, 0.3) is 0 Å². The van der Waals surface area contributed by atoms with E-state index in [1.807, 2.05) is 0 Å². The van der Waals surface area contributed by atoms with Crippen molar-refractivity contribution in [3.63, 3.8) is 0 Å². The lowest BCUT2D eigenvalue weighted by Gasteiger charge is -2.20. The number of carbonyl (C=O) groups is 1. The summed E-state index contributed by atoms with van der Waals surface area (Å²) >= 11 is 1.39. The van der Waals surface area contributed by atoms with Crippen LogP contribution < -0.4 is 0 Å². The molecule has 2 fully saturated rings. The maximum absolute atomic E-state index is 10.8. The van der Waals surface area contributed by atoms with Crippen molar-refractivity contribution in [3.8, 4) is 0 Å². The van der Waals surface area contributed by atoms with Crippen LogP contribution in [0.1, 0.15) is 25.7 Å². The van der Waals surface area contributed by atoms with Gasteiger partial charge in [-0.1, -0.05) is 6.42 Å². The Morgan fingerprint density at radius 1 is 1.40 bits per heavy atom. The lowest BCUT2D eigenvalue weighted by molar-refractivity contribution is 0.113. The van der Waals surface area contributed by atoms with E-state index in [4.69, 9.17) is 4.74 Å². The predicted molar refractivity (Wildman–Crippen MR) is 40.1 cm³/mol. The minimum atomic E-state index is -0.0584. The third-order valence-electron chi connectivity index (χ3n) is 2.14. The van der Waals surface area contributed by atoms with Gasteiger partial charge in [-0.15, -0.1) is 0 Å². The maximum atomic E-state index is 10.8. The summed E-state index contributed by atoms with van der Waals surface area (Å²) in [5.74, 6) is 0.